The smallest absolute Gasteiger partial charge is 0.339 e. The summed E-state index contributed by atoms with van der Waals surface area (Å²) in [6.07, 6.45) is 10.7. The zero-order valence-corrected chi connectivity index (χ0v) is 16.2. The van der Waals surface area contributed by atoms with E-state index in [-0.39, 0.29) is 5.63 Å². The van der Waals surface area contributed by atoms with Gasteiger partial charge in [0.2, 0.25) is 0 Å². The molecule has 2 aromatic heterocycles. The van der Waals surface area contributed by atoms with E-state index >= 15 is 0 Å². The van der Waals surface area contributed by atoms with Crippen LogP contribution < -0.4 is 10.4 Å². The van der Waals surface area contributed by atoms with E-state index in [0.29, 0.717) is 12.3 Å². The normalized spacial score (nSPS) is 16.6. The molecule has 2 aliphatic rings. The lowest BCUT2D eigenvalue weighted by atomic mass is 9.89. The van der Waals surface area contributed by atoms with Gasteiger partial charge in [0.05, 0.1) is 6.33 Å². The van der Waals surface area contributed by atoms with Crippen molar-refractivity contribution in [3.8, 4) is 5.75 Å². The number of benzene rings is 1. The van der Waals surface area contributed by atoms with Gasteiger partial charge in [-0.15, -0.1) is 0 Å². The molecule has 146 valence electrons. The van der Waals surface area contributed by atoms with Crippen LogP contribution in [0.1, 0.15) is 41.5 Å². The van der Waals surface area contributed by atoms with Crippen LogP contribution in [0.2, 0.25) is 0 Å². The number of hydrogen-bond acceptors (Lipinski definition) is 5. The highest BCUT2D eigenvalue weighted by atomic mass is 16.5. The third-order valence-corrected chi connectivity index (χ3v) is 6.01. The van der Waals surface area contributed by atoms with Crippen molar-refractivity contribution in [2.24, 2.45) is 0 Å². The predicted octanol–water partition coefficient (Wildman–Crippen LogP) is 3.42. The molecular formula is C22H25N3O3. The zero-order chi connectivity index (χ0) is 19.1. The van der Waals surface area contributed by atoms with E-state index in [0.717, 1.165) is 74.0 Å². The average molecular weight is 379 g/mol. The summed E-state index contributed by atoms with van der Waals surface area (Å²) < 4.78 is 13.9. The van der Waals surface area contributed by atoms with E-state index in [4.69, 9.17) is 9.15 Å². The van der Waals surface area contributed by atoms with E-state index in [2.05, 4.69) is 20.5 Å². The van der Waals surface area contributed by atoms with Crippen molar-refractivity contribution in [3.05, 3.63) is 57.5 Å². The summed E-state index contributed by atoms with van der Waals surface area (Å²) in [5, 5.41) is 1.11. The van der Waals surface area contributed by atoms with Crippen molar-refractivity contribution in [1.29, 1.82) is 0 Å². The molecule has 6 heteroatoms. The van der Waals surface area contributed by atoms with Gasteiger partial charge in [-0.2, -0.15) is 0 Å². The maximum atomic E-state index is 12.4. The molecule has 3 heterocycles. The third kappa shape index (κ3) is 3.02. The van der Waals surface area contributed by atoms with Gasteiger partial charge >= 0.3 is 5.63 Å². The Morgan fingerprint density at radius 2 is 2.04 bits per heavy atom. The van der Waals surface area contributed by atoms with Crippen LogP contribution in [0.5, 0.6) is 5.75 Å². The van der Waals surface area contributed by atoms with Gasteiger partial charge in [0, 0.05) is 54.1 Å². The Hall–Kier alpha value is -2.60. The largest absolute Gasteiger partial charge is 0.477 e. The number of rotatable bonds is 4. The second kappa shape index (κ2) is 7.09. The molecule has 5 rings (SSSR count). The van der Waals surface area contributed by atoms with Crippen molar-refractivity contribution in [1.82, 2.24) is 14.5 Å². The van der Waals surface area contributed by atoms with Gasteiger partial charge in [-0.05, 0) is 50.7 Å². The first-order valence-electron chi connectivity index (χ1n) is 10.1. The highest BCUT2D eigenvalue weighted by molar-refractivity contribution is 5.87. The van der Waals surface area contributed by atoms with Gasteiger partial charge in [0.15, 0.2) is 0 Å². The average Bonchev–Trinajstić information content (AvgIpc) is 3.23. The highest BCUT2D eigenvalue weighted by Crippen LogP contribution is 2.37. The summed E-state index contributed by atoms with van der Waals surface area (Å²) in [7, 11) is 0. The summed E-state index contributed by atoms with van der Waals surface area (Å²) in [6.45, 7) is 5.37. The van der Waals surface area contributed by atoms with Crippen LogP contribution in [0.3, 0.4) is 0 Å². The monoisotopic (exact) mass is 379 g/mol. The van der Waals surface area contributed by atoms with E-state index in [1.165, 1.54) is 11.1 Å². The molecule has 0 saturated carbocycles. The minimum Gasteiger partial charge on any atom is -0.477 e. The van der Waals surface area contributed by atoms with Crippen molar-refractivity contribution in [2.75, 3.05) is 13.3 Å². The molecule has 28 heavy (non-hydrogen) atoms. The van der Waals surface area contributed by atoms with Gasteiger partial charge in [0.1, 0.15) is 18.1 Å². The quantitative estimate of drug-likeness (QED) is 0.650. The number of aromatic nitrogens is 2. The fourth-order valence-corrected chi connectivity index (χ4v) is 4.59. The molecule has 6 nitrogen and oxygen atoms in total. The summed E-state index contributed by atoms with van der Waals surface area (Å²) in [5.74, 6) is 0.886. The van der Waals surface area contributed by atoms with Crippen molar-refractivity contribution in [2.45, 2.75) is 52.1 Å². The Morgan fingerprint density at radius 3 is 2.86 bits per heavy atom. The lowest BCUT2D eigenvalue weighted by Crippen LogP contribution is -2.33. The number of ether oxygens (including phenoxy) is 1. The van der Waals surface area contributed by atoms with Gasteiger partial charge in [-0.25, -0.2) is 9.78 Å². The zero-order valence-electron chi connectivity index (χ0n) is 16.2. The fourth-order valence-electron chi connectivity index (χ4n) is 4.59. The molecule has 3 aromatic rings. The SMILES string of the molecule is Cc1c2c(cc3c4c(c(=O)oc13)CCCC4)CN(CCCn1ccnc1)CO2. The second-order valence-electron chi connectivity index (χ2n) is 7.90. The minimum atomic E-state index is -0.165. The van der Waals surface area contributed by atoms with Gasteiger partial charge in [0.25, 0.3) is 0 Å². The number of aryl methyl sites for hydroxylation is 3. The topological polar surface area (TPSA) is 60.5 Å². The van der Waals surface area contributed by atoms with Crippen molar-refractivity contribution >= 4 is 11.0 Å². The first-order valence-corrected chi connectivity index (χ1v) is 10.1. The Labute approximate surface area is 163 Å². The first kappa shape index (κ1) is 17.5. The molecule has 0 amide bonds. The Kier molecular flexibility index (Phi) is 4.43. The molecule has 0 unspecified atom stereocenters. The van der Waals surface area contributed by atoms with Gasteiger partial charge in [-0.1, -0.05) is 0 Å². The lowest BCUT2D eigenvalue weighted by molar-refractivity contribution is 0.0924. The maximum absolute atomic E-state index is 12.4. The molecule has 0 bridgehead atoms. The molecule has 0 spiro atoms. The summed E-state index contributed by atoms with van der Waals surface area (Å²) in [4.78, 5) is 18.9. The molecule has 1 aromatic carbocycles. The Bertz CT molecular complexity index is 1070. The molecule has 1 aliphatic carbocycles. The third-order valence-electron chi connectivity index (χ3n) is 6.01. The number of fused-ring (bicyclic) bond motifs is 4. The number of imidazole rings is 1. The molecular weight excluding hydrogens is 354 g/mol. The summed E-state index contributed by atoms with van der Waals surface area (Å²) >= 11 is 0. The standard InChI is InChI=1S/C22H25N3O3/c1-15-20-16(12-25(14-27-20)9-4-8-24-10-7-23-13-24)11-19-17-5-2-3-6-18(17)22(26)28-21(15)19/h7,10-11,13H,2-6,8-9,12,14H2,1H3. The van der Waals surface area contributed by atoms with E-state index in [9.17, 15) is 4.79 Å². The van der Waals surface area contributed by atoms with E-state index in [1.807, 2.05) is 25.6 Å². The Morgan fingerprint density at radius 1 is 1.18 bits per heavy atom. The molecule has 0 atom stereocenters. The van der Waals surface area contributed by atoms with Crippen LogP contribution in [-0.2, 0) is 25.9 Å². The minimum absolute atomic E-state index is 0.165. The molecule has 0 saturated heterocycles. The fraction of sp³-hybridized carbons (Fsp3) is 0.455. The van der Waals surface area contributed by atoms with Crippen LogP contribution in [0.4, 0.5) is 0 Å². The number of hydrogen-bond donors (Lipinski definition) is 0. The summed E-state index contributed by atoms with van der Waals surface area (Å²) in [6, 6.07) is 2.20. The molecule has 0 N–H and O–H groups in total. The van der Waals surface area contributed by atoms with Crippen LogP contribution in [0.25, 0.3) is 11.0 Å². The molecule has 0 radical (unpaired) electrons. The summed E-state index contributed by atoms with van der Waals surface area (Å²) in [5.41, 5.74) is 4.77. The Balaban J connectivity index is 1.43. The lowest BCUT2D eigenvalue weighted by Gasteiger charge is -2.30. The first-order chi connectivity index (χ1) is 13.7. The predicted molar refractivity (Wildman–Crippen MR) is 107 cm³/mol. The van der Waals surface area contributed by atoms with Gasteiger partial charge in [-0.3, -0.25) is 4.90 Å². The van der Waals surface area contributed by atoms with Crippen LogP contribution >= 0.6 is 0 Å². The van der Waals surface area contributed by atoms with Crippen LogP contribution in [-0.4, -0.2) is 27.7 Å². The van der Waals surface area contributed by atoms with Crippen molar-refractivity contribution < 1.29 is 9.15 Å². The maximum Gasteiger partial charge on any atom is 0.339 e. The van der Waals surface area contributed by atoms with Crippen LogP contribution in [0, 0.1) is 6.92 Å². The highest BCUT2D eigenvalue weighted by Gasteiger charge is 2.25. The molecule has 1 aliphatic heterocycles. The number of nitrogens with zero attached hydrogens (tertiary/aromatic N) is 3. The molecule has 0 fully saturated rings. The van der Waals surface area contributed by atoms with Crippen molar-refractivity contribution in [3.63, 3.8) is 0 Å². The second-order valence-corrected chi connectivity index (χ2v) is 7.90. The van der Waals surface area contributed by atoms with E-state index in [1.54, 1.807) is 0 Å². The van der Waals surface area contributed by atoms with Crippen LogP contribution in [0.15, 0.2) is 34.0 Å². The van der Waals surface area contributed by atoms with E-state index < -0.39 is 0 Å². The van der Waals surface area contributed by atoms with Gasteiger partial charge < -0.3 is 13.7 Å².